The summed E-state index contributed by atoms with van der Waals surface area (Å²) in [6, 6.07) is 14.8. The van der Waals surface area contributed by atoms with Gasteiger partial charge in [-0.3, -0.25) is 0 Å². The van der Waals surface area contributed by atoms with E-state index < -0.39 is 5.97 Å². The van der Waals surface area contributed by atoms with Gasteiger partial charge in [-0.05, 0) is 29.7 Å². The first-order chi connectivity index (χ1) is 11.0. The van der Waals surface area contributed by atoms with Gasteiger partial charge in [0.1, 0.15) is 5.69 Å². The Kier molecular flexibility index (Phi) is 3.93. The minimum atomic E-state index is -0.962. The Morgan fingerprint density at radius 2 is 1.87 bits per heavy atom. The van der Waals surface area contributed by atoms with Crippen LogP contribution in [-0.2, 0) is 0 Å². The molecule has 1 heterocycles. The predicted molar refractivity (Wildman–Crippen MR) is 87.8 cm³/mol. The smallest absolute Gasteiger partial charge is 0.335 e. The van der Waals surface area contributed by atoms with Gasteiger partial charge in [0.25, 0.3) is 0 Å². The van der Waals surface area contributed by atoms with Gasteiger partial charge in [0.2, 0.25) is 0 Å². The molecule has 3 aromatic rings. The Labute approximate surface area is 134 Å². The van der Waals surface area contributed by atoms with Crippen LogP contribution >= 0.6 is 0 Å². The first kappa shape index (κ1) is 15.0. The van der Waals surface area contributed by atoms with Gasteiger partial charge in [-0.1, -0.05) is 49.4 Å². The number of carboxylic acid groups (broad SMARTS) is 1. The maximum Gasteiger partial charge on any atom is 0.335 e. The first-order valence-electron chi connectivity index (χ1n) is 7.41. The predicted octanol–water partition coefficient (Wildman–Crippen LogP) is 3.76. The highest BCUT2D eigenvalue weighted by molar-refractivity contribution is 5.88. The van der Waals surface area contributed by atoms with Gasteiger partial charge in [-0.15, -0.1) is 5.10 Å². The van der Waals surface area contributed by atoms with E-state index in [2.05, 4.69) is 36.3 Å². The van der Waals surface area contributed by atoms with Gasteiger partial charge in [-0.25, -0.2) is 9.48 Å². The fourth-order valence-corrected chi connectivity index (χ4v) is 2.34. The largest absolute Gasteiger partial charge is 0.478 e. The molecule has 1 N–H and O–H groups in total. The molecule has 0 unspecified atom stereocenters. The van der Waals surface area contributed by atoms with Crippen molar-refractivity contribution in [1.29, 1.82) is 0 Å². The zero-order valence-corrected chi connectivity index (χ0v) is 13.0. The van der Waals surface area contributed by atoms with E-state index in [9.17, 15) is 4.79 Å². The molecule has 0 amide bonds. The third-order valence-electron chi connectivity index (χ3n) is 3.72. The number of carbonyl (C=O) groups is 1. The molecule has 5 nitrogen and oxygen atoms in total. The van der Waals surface area contributed by atoms with E-state index in [1.165, 1.54) is 5.56 Å². The third kappa shape index (κ3) is 3.13. The van der Waals surface area contributed by atoms with Crippen molar-refractivity contribution in [1.82, 2.24) is 15.0 Å². The van der Waals surface area contributed by atoms with Gasteiger partial charge in [-0.2, -0.15) is 0 Å². The molecule has 0 atom stereocenters. The Balaban J connectivity index is 1.91. The normalized spacial score (nSPS) is 10.9. The lowest BCUT2D eigenvalue weighted by Gasteiger charge is -2.05. The van der Waals surface area contributed by atoms with E-state index in [1.54, 1.807) is 35.1 Å². The highest BCUT2D eigenvalue weighted by Crippen LogP contribution is 2.21. The van der Waals surface area contributed by atoms with E-state index in [1.807, 2.05) is 12.1 Å². The zero-order chi connectivity index (χ0) is 16.4. The average molecular weight is 307 g/mol. The van der Waals surface area contributed by atoms with Crippen molar-refractivity contribution in [2.75, 3.05) is 0 Å². The molecule has 0 bridgehead atoms. The Hall–Kier alpha value is -2.95. The molecule has 3 rings (SSSR count). The molecule has 0 radical (unpaired) electrons. The summed E-state index contributed by atoms with van der Waals surface area (Å²) in [4.78, 5) is 11.1. The Bertz CT molecular complexity index is 835. The van der Waals surface area contributed by atoms with Crippen LogP contribution in [-0.4, -0.2) is 26.1 Å². The van der Waals surface area contributed by atoms with Crippen LogP contribution in [0.25, 0.3) is 16.9 Å². The number of carboxylic acids is 1. The Morgan fingerprint density at radius 1 is 1.13 bits per heavy atom. The summed E-state index contributed by atoms with van der Waals surface area (Å²) in [7, 11) is 0. The van der Waals surface area contributed by atoms with Crippen LogP contribution in [0.4, 0.5) is 0 Å². The number of benzene rings is 2. The topological polar surface area (TPSA) is 68.0 Å². The molecule has 0 fully saturated rings. The molecule has 0 aliphatic carbocycles. The molecule has 2 aromatic carbocycles. The molecule has 1 aromatic heterocycles. The second-order valence-electron chi connectivity index (χ2n) is 5.68. The minimum Gasteiger partial charge on any atom is -0.478 e. The summed E-state index contributed by atoms with van der Waals surface area (Å²) < 4.78 is 1.58. The van der Waals surface area contributed by atoms with E-state index in [-0.39, 0.29) is 5.56 Å². The molecule has 0 saturated carbocycles. The number of aromatic carboxylic acids is 1. The van der Waals surface area contributed by atoms with Crippen LogP contribution in [0.1, 0.15) is 35.7 Å². The lowest BCUT2D eigenvalue weighted by Crippen LogP contribution is -2.00. The molecule has 5 heteroatoms. The SMILES string of the molecule is CC(C)c1ccc(-c2cn(-c3cccc(C(=O)O)c3)nn2)cc1. The summed E-state index contributed by atoms with van der Waals surface area (Å²) in [5.74, 6) is -0.477. The van der Waals surface area contributed by atoms with Crippen LogP contribution in [0.15, 0.2) is 54.7 Å². The standard InChI is InChI=1S/C18H17N3O2/c1-12(2)13-6-8-14(9-7-13)17-11-21(20-19-17)16-5-3-4-15(10-16)18(22)23/h3-12H,1-2H3,(H,22,23). The maximum atomic E-state index is 11.1. The minimum absolute atomic E-state index is 0.223. The van der Waals surface area contributed by atoms with E-state index in [4.69, 9.17) is 5.11 Å². The molecule has 0 aliphatic rings. The molecular weight excluding hydrogens is 290 g/mol. The molecule has 23 heavy (non-hydrogen) atoms. The van der Waals surface area contributed by atoms with Crippen molar-refractivity contribution < 1.29 is 9.90 Å². The van der Waals surface area contributed by atoms with Gasteiger partial charge >= 0.3 is 5.97 Å². The molecular formula is C18H17N3O2. The van der Waals surface area contributed by atoms with E-state index in [0.29, 0.717) is 11.6 Å². The summed E-state index contributed by atoms with van der Waals surface area (Å²) in [5, 5.41) is 17.3. The summed E-state index contributed by atoms with van der Waals surface area (Å²) >= 11 is 0. The van der Waals surface area contributed by atoms with Gasteiger partial charge in [0.15, 0.2) is 0 Å². The fourth-order valence-electron chi connectivity index (χ4n) is 2.34. The number of rotatable bonds is 4. The van der Waals surface area contributed by atoms with Crippen molar-refractivity contribution in [3.63, 3.8) is 0 Å². The van der Waals surface area contributed by atoms with Crippen molar-refractivity contribution in [2.45, 2.75) is 19.8 Å². The lowest BCUT2D eigenvalue weighted by atomic mass is 10.0. The highest BCUT2D eigenvalue weighted by atomic mass is 16.4. The maximum absolute atomic E-state index is 11.1. The summed E-state index contributed by atoms with van der Waals surface area (Å²) in [5.41, 5.74) is 3.90. The van der Waals surface area contributed by atoms with Crippen LogP contribution in [0.2, 0.25) is 0 Å². The molecule has 0 aliphatic heterocycles. The quantitative estimate of drug-likeness (QED) is 0.797. The zero-order valence-electron chi connectivity index (χ0n) is 13.0. The molecule has 0 spiro atoms. The number of nitrogens with zero attached hydrogens (tertiary/aromatic N) is 3. The highest BCUT2D eigenvalue weighted by Gasteiger charge is 2.08. The van der Waals surface area contributed by atoms with Crippen LogP contribution in [0, 0.1) is 0 Å². The number of hydrogen-bond acceptors (Lipinski definition) is 3. The van der Waals surface area contributed by atoms with Crippen molar-refractivity contribution in [3.8, 4) is 16.9 Å². The fraction of sp³-hybridized carbons (Fsp3) is 0.167. The number of aromatic nitrogens is 3. The van der Waals surface area contributed by atoms with Crippen LogP contribution in [0.3, 0.4) is 0 Å². The van der Waals surface area contributed by atoms with Crippen LogP contribution < -0.4 is 0 Å². The van der Waals surface area contributed by atoms with Crippen molar-refractivity contribution >= 4 is 5.97 Å². The van der Waals surface area contributed by atoms with E-state index >= 15 is 0 Å². The molecule has 116 valence electrons. The second-order valence-corrected chi connectivity index (χ2v) is 5.68. The van der Waals surface area contributed by atoms with E-state index in [0.717, 1.165) is 11.3 Å². The third-order valence-corrected chi connectivity index (χ3v) is 3.72. The van der Waals surface area contributed by atoms with Crippen LogP contribution in [0.5, 0.6) is 0 Å². The van der Waals surface area contributed by atoms with Gasteiger partial charge < -0.3 is 5.11 Å². The second kappa shape index (κ2) is 6.04. The monoisotopic (exact) mass is 307 g/mol. The number of hydrogen-bond donors (Lipinski definition) is 1. The van der Waals surface area contributed by atoms with Crippen molar-refractivity contribution in [2.24, 2.45) is 0 Å². The van der Waals surface area contributed by atoms with Gasteiger partial charge in [0, 0.05) is 5.56 Å². The van der Waals surface area contributed by atoms with Crippen molar-refractivity contribution in [3.05, 3.63) is 65.9 Å². The summed E-state index contributed by atoms with van der Waals surface area (Å²) in [6.07, 6.45) is 1.80. The molecule has 0 saturated heterocycles. The Morgan fingerprint density at radius 3 is 2.52 bits per heavy atom. The average Bonchev–Trinajstić information content (AvgIpc) is 3.05. The van der Waals surface area contributed by atoms with Gasteiger partial charge in [0.05, 0.1) is 17.4 Å². The lowest BCUT2D eigenvalue weighted by molar-refractivity contribution is 0.0697. The summed E-state index contributed by atoms with van der Waals surface area (Å²) in [6.45, 7) is 4.31. The first-order valence-corrected chi connectivity index (χ1v) is 7.41.